The Morgan fingerprint density at radius 2 is 1.80 bits per heavy atom. The maximum atomic E-state index is 13.9. The van der Waals surface area contributed by atoms with Gasteiger partial charge in [-0.2, -0.15) is 13.2 Å². The number of hydrogen-bond acceptors (Lipinski definition) is 5. The summed E-state index contributed by atoms with van der Waals surface area (Å²) in [5.74, 6) is -2.71. The highest BCUT2D eigenvalue weighted by Crippen LogP contribution is 2.36. The van der Waals surface area contributed by atoms with Gasteiger partial charge in [0, 0.05) is 12.5 Å². The molecular formula is C24H19F4N5O2. The lowest BCUT2D eigenvalue weighted by Crippen LogP contribution is -2.26. The quantitative estimate of drug-likeness (QED) is 0.377. The number of carbonyl (C=O) groups excluding carboxylic acids is 1. The molecule has 0 saturated heterocycles. The van der Waals surface area contributed by atoms with Crippen LogP contribution < -0.4 is 5.32 Å². The zero-order valence-electron chi connectivity index (χ0n) is 18.1. The fourth-order valence-corrected chi connectivity index (χ4v) is 3.76. The molecule has 0 saturated carbocycles. The normalized spacial score (nSPS) is 12.3. The topological polar surface area (TPSA) is 92.9 Å². The van der Waals surface area contributed by atoms with Crippen molar-refractivity contribution in [3.8, 4) is 11.4 Å². The lowest BCUT2D eigenvalue weighted by Gasteiger charge is -2.21. The number of benzene rings is 3. The minimum atomic E-state index is -4.86. The van der Waals surface area contributed by atoms with Crippen LogP contribution in [0.3, 0.4) is 0 Å². The number of phenolic OH excluding ortho intramolecular Hbond substituents is 1. The van der Waals surface area contributed by atoms with Crippen LogP contribution in [0.1, 0.15) is 39.4 Å². The van der Waals surface area contributed by atoms with Gasteiger partial charge in [0.2, 0.25) is 0 Å². The fraction of sp³-hybridized carbons (Fsp3) is 0.167. The highest BCUT2D eigenvalue weighted by Gasteiger charge is 2.35. The molecule has 0 bridgehead atoms. The number of amides is 1. The van der Waals surface area contributed by atoms with Crippen LogP contribution in [0.5, 0.6) is 5.75 Å². The number of aromatic hydroxyl groups is 1. The second-order valence-electron chi connectivity index (χ2n) is 7.70. The third-order valence-corrected chi connectivity index (χ3v) is 5.45. The van der Waals surface area contributed by atoms with Gasteiger partial charge in [-0.05, 0) is 64.4 Å². The summed E-state index contributed by atoms with van der Waals surface area (Å²) < 4.78 is 55.5. The first kappa shape index (κ1) is 23.9. The van der Waals surface area contributed by atoms with Crippen molar-refractivity contribution < 1.29 is 27.5 Å². The van der Waals surface area contributed by atoms with Crippen molar-refractivity contribution >= 4 is 5.91 Å². The standard InChI is InChI=1S/C24H19F4N5O2/c25-21-9-8-16(13-20(21)24(26,27)28)18(10-11-29-23(35)19-6-1-2-7-22(19)34)15-4-3-5-17(12-15)33-14-30-31-32-33/h1-9,12-14,18,34H,10-11H2,(H,29,35). The number of alkyl halides is 3. The van der Waals surface area contributed by atoms with Gasteiger partial charge in [-0.25, -0.2) is 9.07 Å². The SMILES string of the molecule is O=C(NCCC(c1cccc(-n2cnnn2)c1)c1ccc(F)c(C(F)(F)F)c1)c1ccccc1O. The largest absolute Gasteiger partial charge is 0.507 e. The lowest BCUT2D eigenvalue weighted by atomic mass is 9.87. The summed E-state index contributed by atoms with van der Waals surface area (Å²) in [6.45, 7) is 0.0751. The minimum Gasteiger partial charge on any atom is -0.507 e. The molecule has 0 aliphatic carbocycles. The maximum absolute atomic E-state index is 13.9. The van der Waals surface area contributed by atoms with Crippen molar-refractivity contribution in [3.05, 3.63) is 101 Å². The van der Waals surface area contributed by atoms with Crippen molar-refractivity contribution in [2.45, 2.75) is 18.5 Å². The zero-order chi connectivity index (χ0) is 25.0. The third-order valence-electron chi connectivity index (χ3n) is 5.45. The molecule has 0 spiro atoms. The Bertz CT molecular complexity index is 1330. The lowest BCUT2D eigenvalue weighted by molar-refractivity contribution is -0.140. The summed E-state index contributed by atoms with van der Waals surface area (Å²) in [5, 5.41) is 23.5. The first-order valence-electron chi connectivity index (χ1n) is 10.5. The van der Waals surface area contributed by atoms with E-state index in [4.69, 9.17) is 0 Å². The van der Waals surface area contributed by atoms with Gasteiger partial charge in [0.25, 0.3) is 5.91 Å². The summed E-state index contributed by atoms with van der Waals surface area (Å²) >= 11 is 0. The monoisotopic (exact) mass is 485 g/mol. The van der Waals surface area contributed by atoms with Gasteiger partial charge in [-0.3, -0.25) is 4.79 Å². The van der Waals surface area contributed by atoms with Crippen LogP contribution in [0, 0.1) is 5.82 Å². The predicted molar refractivity (Wildman–Crippen MR) is 117 cm³/mol. The van der Waals surface area contributed by atoms with E-state index in [0.29, 0.717) is 11.3 Å². The minimum absolute atomic E-state index is 0.0749. The van der Waals surface area contributed by atoms with Gasteiger partial charge >= 0.3 is 6.18 Å². The first-order chi connectivity index (χ1) is 16.7. The molecule has 1 heterocycles. The summed E-state index contributed by atoms with van der Waals surface area (Å²) in [6.07, 6.45) is -3.29. The number of rotatable bonds is 7. The van der Waals surface area contributed by atoms with Crippen LogP contribution in [0.25, 0.3) is 5.69 Å². The van der Waals surface area contributed by atoms with Gasteiger partial charge in [0.15, 0.2) is 0 Å². The number of phenols is 1. The zero-order valence-corrected chi connectivity index (χ0v) is 18.1. The molecule has 4 aromatic rings. The third kappa shape index (κ3) is 5.45. The van der Waals surface area contributed by atoms with E-state index in [1.165, 1.54) is 29.2 Å². The number of carbonyl (C=O) groups is 1. The van der Waals surface area contributed by atoms with Crippen molar-refractivity contribution in [1.29, 1.82) is 0 Å². The van der Waals surface area contributed by atoms with E-state index in [2.05, 4.69) is 20.8 Å². The Hall–Kier alpha value is -4.28. The number of hydrogen-bond donors (Lipinski definition) is 2. The number of tetrazole rings is 1. The summed E-state index contributed by atoms with van der Waals surface area (Å²) in [4.78, 5) is 12.5. The Morgan fingerprint density at radius 1 is 1.03 bits per heavy atom. The molecule has 180 valence electrons. The highest BCUT2D eigenvalue weighted by atomic mass is 19.4. The molecule has 7 nitrogen and oxygen atoms in total. The average Bonchev–Trinajstić information content (AvgIpc) is 3.37. The smallest absolute Gasteiger partial charge is 0.419 e. The maximum Gasteiger partial charge on any atom is 0.419 e. The average molecular weight is 485 g/mol. The summed E-state index contributed by atoms with van der Waals surface area (Å²) in [6, 6.07) is 15.7. The number of para-hydroxylation sites is 1. The van der Waals surface area contributed by atoms with Crippen LogP contribution in [-0.2, 0) is 6.18 Å². The number of halogens is 4. The molecule has 1 unspecified atom stereocenters. The Balaban J connectivity index is 1.65. The van der Waals surface area contributed by atoms with Crippen molar-refractivity contribution in [2.24, 2.45) is 0 Å². The van der Waals surface area contributed by atoms with E-state index >= 15 is 0 Å². The van der Waals surface area contributed by atoms with E-state index in [1.54, 1.807) is 36.4 Å². The Morgan fingerprint density at radius 3 is 2.51 bits per heavy atom. The van der Waals surface area contributed by atoms with Crippen molar-refractivity contribution in [1.82, 2.24) is 25.5 Å². The van der Waals surface area contributed by atoms with E-state index in [0.717, 1.165) is 12.1 Å². The van der Waals surface area contributed by atoms with Crippen LogP contribution in [-0.4, -0.2) is 37.8 Å². The summed E-state index contributed by atoms with van der Waals surface area (Å²) in [5.41, 5.74) is 0.133. The molecular weight excluding hydrogens is 466 g/mol. The Kier molecular flexibility index (Phi) is 6.76. The summed E-state index contributed by atoms with van der Waals surface area (Å²) in [7, 11) is 0. The van der Waals surface area contributed by atoms with E-state index in [1.807, 2.05) is 0 Å². The second kappa shape index (κ2) is 9.92. The van der Waals surface area contributed by atoms with Gasteiger partial charge in [0.05, 0.1) is 16.8 Å². The predicted octanol–water partition coefficient (Wildman–Crippen LogP) is 4.48. The molecule has 0 aliphatic rings. The molecule has 11 heteroatoms. The number of aromatic nitrogens is 4. The molecule has 1 aromatic heterocycles. The van der Waals surface area contributed by atoms with Crippen LogP contribution in [0.4, 0.5) is 17.6 Å². The molecule has 0 fully saturated rings. The molecule has 1 atom stereocenters. The number of nitrogens with zero attached hydrogens (tertiary/aromatic N) is 4. The molecule has 4 rings (SSSR count). The number of nitrogens with one attached hydrogen (secondary N) is 1. The van der Waals surface area contributed by atoms with E-state index in [9.17, 15) is 27.5 Å². The molecule has 1 amide bonds. The van der Waals surface area contributed by atoms with Gasteiger partial charge in [-0.15, -0.1) is 5.10 Å². The van der Waals surface area contributed by atoms with Gasteiger partial charge < -0.3 is 10.4 Å². The molecule has 3 aromatic carbocycles. The highest BCUT2D eigenvalue weighted by molar-refractivity contribution is 5.96. The Labute approximate surface area is 197 Å². The van der Waals surface area contributed by atoms with E-state index < -0.39 is 29.4 Å². The van der Waals surface area contributed by atoms with Crippen LogP contribution in [0.2, 0.25) is 0 Å². The van der Waals surface area contributed by atoms with Crippen molar-refractivity contribution in [2.75, 3.05) is 6.54 Å². The van der Waals surface area contributed by atoms with Gasteiger partial charge in [0.1, 0.15) is 17.9 Å². The second-order valence-corrected chi connectivity index (χ2v) is 7.70. The molecule has 0 aliphatic heterocycles. The molecule has 2 N–H and O–H groups in total. The molecule has 35 heavy (non-hydrogen) atoms. The molecule has 0 radical (unpaired) electrons. The van der Waals surface area contributed by atoms with Crippen molar-refractivity contribution in [3.63, 3.8) is 0 Å². The fourth-order valence-electron chi connectivity index (χ4n) is 3.76. The van der Waals surface area contributed by atoms with Crippen LogP contribution in [0.15, 0.2) is 73.1 Å². The van der Waals surface area contributed by atoms with Crippen LogP contribution >= 0.6 is 0 Å². The van der Waals surface area contributed by atoms with Gasteiger partial charge in [-0.1, -0.05) is 30.3 Å². The van der Waals surface area contributed by atoms with E-state index in [-0.39, 0.29) is 29.8 Å². The first-order valence-corrected chi connectivity index (χ1v) is 10.5.